The second-order valence-corrected chi connectivity index (χ2v) is 6.30. The second kappa shape index (κ2) is 13.4. The lowest BCUT2D eigenvalue weighted by Gasteiger charge is -2.14. The predicted molar refractivity (Wildman–Crippen MR) is 84.1 cm³/mol. The molecule has 1 nitrogen and oxygen atoms in total. The summed E-state index contributed by atoms with van der Waals surface area (Å²) < 4.78 is 0. The Balaban J connectivity index is 3.10. The third-order valence-electron chi connectivity index (χ3n) is 3.70. The molecule has 0 bridgehead atoms. The summed E-state index contributed by atoms with van der Waals surface area (Å²) in [5, 5.41) is 3.65. The molecule has 0 aliphatic heterocycles. The Bertz CT molecular complexity index is 154. The van der Waals surface area contributed by atoms with Crippen LogP contribution >= 0.6 is 0 Å². The molecule has 0 spiro atoms. The van der Waals surface area contributed by atoms with Crippen LogP contribution in [0.15, 0.2) is 0 Å². The molecule has 1 heteroatoms. The summed E-state index contributed by atoms with van der Waals surface area (Å²) in [5.41, 5.74) is 0. The highest BCUT2D eigenvalue weighted by Gasteiger charge is 2.02. The molecule has 0 aromatic heterocycles. The van der Waals surface area contributed by atoms with Gasteiger partial charge in [0.05, 0.1) is 0 Å². The third kappa shape index (κ3) is 14.0. The van der Waals surface area contributed by atoms with E-state index in [0.29, 0.717) is 6.04 Å². The molecule has 0 fully saturated rings. The van der Waals surface area contributed by atoms with Gasteiger partial charge in [0.1, 0.15) is 0 Å². The molecule has 1 atom stereocenters. The van der Waals surface area contributed by atoms with Crippen molar-refractivity contribution in [2.75, 3.05) is 6.54 Å². The van der Waals surface area contributed by atoms with Crippen molar-refractivity contribution in [3.05, 3.63) is 0 Å². The molecular formula is C17H37N. The fourth-order valence-corrected chi connectivity index (χ4v) is 2.29. The average molecular weight is 255 g/mol. The topological polar surface area (TPSA) is 12.0 Å². The van der Waals surface area contributed by atoms with Gasteiger partial charge in [-0.3, -0.25) is 0 Å². The molecule has 0 saturated heterocycles. The molecule has 0 aliphatic carbocycles. The fourth-order valence-electron chi connectivity index (χ4n) is 2.29. The Morgan fingerprint density at radius 1 is 0.722 bits per heavy atom. The van der Waals surface area contributed by atoms with Crippen molar-refractivity contribution in [3.63, 3.8) is 0 Å². The van der Waals surface area contributed by atoms with Crippen LogP contribution in [0.25, 0.3) is 0 Å². The Hall–Kier alpha value is -0.0400. The number of rotatable bonds is 13. The van der Waals surface area contributed by atoms with E-state index in [0.717, 1.165) is 5.92 Å². The number of hydrogen-bond donors (Lipinski definition) is 1. The maximum Gasteiger partial charge on any atom is 0.00388 e. The van der Waals surface area contributed by atoms with Crippen LogP contribution in [0, 0.1) is 5.92 Å². The summed E-state index contributed by atoms with van der Waals surface area (Å²) in [5.74, 6) is 0.845. The van der Waals surface area contributed by atoms with Gasteiger partial charge >= 0.3 is 0 Å². The average Bonchev–Trinajstić information content (AvgIpc) is 2.34. The minimum Gasteiger partial charge on any atom is -0.314 e. The lowest BCUT2D eigenvalue weighted by atomic mass is 10.0. The number of hydrogen-bond acceptors (Lipinski definition) is 1. The summed E-state index contributed by atoms with van der Waals surface area (Å²) in [4.78, 5) is 0. The van der Waals surface area contributed by atoms with Crippen LogP contribution < -0.4 is 5.32 Å². The van der Waals surface area contributed by atoms with Crippen LogP contribution in [0.4, 0.5) is 0 Å². The molecule has 0 aromatic rings. The van der Waals surface area contributed by atoms with Gasteiger partial charge in [-0.1, -0.05) is 65.7 Å². The first-order valence-corrected chi connectivity index (χ1v) is 8.40. The fraction of sp³-hybridized carbons (Fsp3) is 1.00. The Labute approximate surface area is 116 Å². The first-order valence-electron chi connectivity index (χ1n) is 8.40. The van der Waals surface area contributed by atoms with Gasteiger partial charge in [-0.25, -0.2) is 0 Å². The van der Waals surface area contributed by atoms with Crippen molar-refractivity contribution in [1.82, 2.24) is 5.32 Å². The van der Waals surface area contributed by atoms with E-state index in [1.807, 2.05) is 0 Å². The van der Waals surface area contributed by atoms with E-state index in [1.54, 1.807) is 0 Å². The van der Waals surface area contributed by atoms with Crippen molar-refractivity contribution >= 4 is 0 Å². The first-order chi connectivity index (χ1) is 8.66. The minimum absolute atomic E-state index is 0.706. The molecular weight excluding hydrogens is 218 g/mol. The van der Waals surface area contributed by atoms with Crippen molar-refractivity contribution in [2.24, 2.45) is 5.92 Å². The Kier molecular flexibility index (Phi) is 13.4. The molecule has 18 heavy (non-hydrogen) atoms. The van der Waals surface area contributed by atoms with Gasteiger partial charge < -0.3 is 5.32 Å². The summed E-state index contributed by atoms with van der Waals surface area (Å²) in [7, 11) is 0. The van der Waals surface area contributed by atoms with Gasteiger partial charge in [-0.2, -0.15) is 0 Å². The van der Waals surface area contributed by atoms with Gasteiger partial charge in [0.2, 0.25) is 0 Å². The minimum atomic E-state index is 0.706. The normalized spacial score (nSPS) is 13.2. The molecule has 0 rings (SSSR count). The third-order valence-corrected chi connectivity index (χ3v) is 3.70. The van der Waals surface area contributed by atoms with E-state index in [9.17, 15) is 0 Å². The van der Waals surface area contributed by atoms with Crippen molar-refractivity contribution in [2.45, 2.75) is 97.9 Å². The van der Waals surface area contributed by atoms with Crippen molar-refractivity contribution < 1.29 is 0 Å². The van der Waals surface area contributed by atoms with Crippen molar-refractivity contribution in [3.8, 4) is 0 Å². The van der Waals surface area contributed by atoms with E-state index in [-0.39, 0.29) is 0 Å². The van der Waals surface area contributed by atoms with Gasteiger partial charge in [-0.15, -0.1) is 0 Å². The summed E-state index contributed by atoms with van der Waals surface area (Å²) in [6.45, 7) is 10.4. The lowest BCUT2D eigenvalue weighted by molar-refractivity contribution is 0.442. The molecule has 110 valence electrons. The number of nitrogens with one attached hydrogen (secondary N) is 1. The van der Waals surface area contributed by atoms with Crippen LogP contribution in [-0.2, 0) is 0 Å². The van der Waals surface area contributed by atoms with E-state index in [1.165, 1.54) is 70.8 Å². The molecule has 0 saturated carbocycles. The standard InChI is InChI=1S/C17H37N/c1-5-6-7-8-9-10-11-12-15-18-17(4)14-13-16(2)3/h16-18H,5-15H2,1-4H3. The molecule has 1 unspecified atom stereocenters. The molecule has 0 amide bonds. The Morgan fingerprint density at radius 2 is 1.28 bits per heavy atom. The van der Waals surface area contributed by atoms with Crippen LogP contribution in [0.5, 0.6) is 0 Å². The maximum atomic E-state index is 3.65. The number of unbranched alkanes of at least 4 members (excludes halogenated alkanes) is 7. The highest BCUT2D eigenvalue weighted by molar-refractivity contribution is 4.62. The van der Waals surface area contributed by atoms with Crippen LogP contribution in [-0.4, -0.2) is 12.6 Å². The Morgan fingerprint density at radius 3 is 1.83 bits per heavy atom. The molecule has 1 N–H and O–H groups in total. The largest absolute Gasteiger partial charge is 0.314 e. The van der Waals surface area contributed by atoms with E-state index in [2.05, 4.69) is 33.0 Å². The first kappa shape index (κ1) is 18.0. The quantitative estimate of drug-likeness (QED) is 0.426. The zero-order valence-electron chi connectivity index (χ0n) is 13.4. The maximum absolute atomic E-state index is 3.65. The summed E-state index contributed by atoms with van der Waals surface area (Å²) in [6.07, 6.45) is 14.0. The lowest BCUT2D eigenvalue weighted by Crippen LogP contribution is -2.27. The zero-order chi connectivity index (χ0) is 13.6. The highest BCUT2D eigenvalue weighted by Crippen LogP contribution is 2.09. The van der Waals surface area contributed by atoms with Gasteiger partial charge in [0.25, 0.3) is 0 Å². The smallest absolute Gasteiger partial charge is 0.00388 e. The predicted octanol–water partition coefficient (Wildman–Crippen LogP) is 5.54. The van der Waals surface area contributed by atoms with Crippen molar-refractivity contribution in [1.29, 1.82) is 0 Å². The van der Waals surface area contributed by atoms with E-state index in [4.69, 9.17) is 0 Å². The monoisotopic (exact) mass is 255 g/mol. The SMILES string of the molecule is CCCCCCCCCCNC(C)CCC(C)C. The summed E-state index contributed by atoms with van der Waals surface area (Å²) >= 11 is 0. The van der Waals surface area contributed by atoms with Gasteiger partial charge in [0.15, 0.2) is 0 Å². The van der Waals surface area contributed by atoms with E-state index < -0.39 is 0 Å². The highest BCUT2D eigenvalue weighted by atomic mass is 14.9. The second-order valence-electron chi connectivity index (χ2n) is 6.30. The molecule has 0 aliphatic rings. The van der Waals surface area contributed by atoms with Crippen LogP contribution in [0.2, 0.25) is 0 Å². The van der Waals surface area contributed by atoms with Crippen LogP contribution in [0.1, 0.15) is 91.9 Å². The summed E-state index contributed by atoms with van der Waals surface area (Å²) in [6, 6.07) is 0.706. The molecule has 0 radical (unpaired) electrons. The van der Waals surface area contributed by atoms with Gasteiger partial charge in [0, 0.05) is 6.04 Å². The van der Waals surface area contributed by atoms with Gasteiger partial charge in [-0.05, 0) is 38.6 Å². The molecule has 0 aromatic carbocycles. The van der Waals surface area contributed by atoms with E-state index >= 15 is 0 Å². The molecule has 0 heterocycles. The zero-order valence-corrected chi connectivity index (χ0v) is 13.4. The van der Waals surface area contributed by atoms with Crippen LogP contribution in [0.3, 0.4) is 0 Å².